The summed E-state index contributed by atoms with van der Waals surface area (Å²) >= 11 is 5.86. The van der Waals surface area contributed by atoms with E-state index >= 15 is 0 Å². The molecule has 20 heavy (non-hydrogen) atoms. The Balaban J connectivity index is 2.30. The second-order valence-corrected chi connectivity index (χ2v) is 5.60. The standard InChI is InChI=1S/C13H6Br2F3NO/c14-7-4-10(17)12(11(18)5-7)19-13(20)6-1-2-9(16)8(15)3-6/h1-5H,(H,19,20). The van der Waals surface area contributed by atoms with Gasteiger partial charge in [0, 0.05) is 10.0 Å². The fourth-order valence-corrected chi connectivity index (χ4v) is 2.27. The first-order chi connectivity index (χ1) is 9.38. The molecule has 0 saturated heterocycles. The van der Waals surface area contributed by atoms with Crippen molar-refractivity contribution in [3.63, 3.8) is 0 Å². The lowest BCUT2D eigenvalue weighted by atomic mass is 10.2. The molecular weight excluding hydrogens is 403 g/mol. The number of amides is 1. The zero-order valence-electron chi connectivity index (χ0n) is 9.68. The van der Waals surface area contributed by atoms with E-state index in [9.17, 15) is 18.0 Å². The van der Waals surface area contributed by atoms with Crippen LogP contribution in [-0.4, -0.2) is 5.91 Å². The molecule has 2 aromatic rings. The molecule has 0 aliphatic heterocycles. The Kier molecular flexibility index (Phi) is 4.49. The van der Waals surface area contributed by atoms with Crippen molar-refractivity contribution in [3.8, 4) is 0 Å². The SMILES string of the molecule is O=C(Nc1c(F)cc(Br)cc1F)c1ccc(F)c(Br)c1. The van der Waals surface area contributed by atoms with Crippen molar-refractivity contribution in [2.24, 2.45) is 0 Å². The van der Waals surface area contributed by atoms with Crippen LogP contribution in [0.2, 0.25) is 0 Å². The number of hydrogen-bond acceptors (Lipinski definition) is 1. The summed E-state index contributed by atoms with van der Waals surface area (Å²) in [7, 11) is 0. The molecule has 0 fully saturated rings. The van der Waals surface area contributed by atoms with Crippen molar-refractivity contribution >= 4 is 43.5 Å². The predicted octanol–water partition coefficient (Wildman–Crippen LogP) is 4.88. The molecule has 0 aromatic heterocycles. The van der Waals surface area contributed by atoms with Crippen LogP contribution >= 0.6 is 31.9 Å². The second-order valence-electron chi connectivity index (χ2n) is 3.83. The molecule has 0 radical (unpaired) electrons. The van der Waals surface area contributed by atoms with Crippen LogP contribution in [0.4, 0.5) is 18.9 Å². The van der Waals surface area contributed by atoms with Gasteiger partial charge >= 0.3 is 0 Å². The molecule has 2 aromatic carbocycles. The van der Waals surface area contributed by atoms with Gasteiger partial charge in [-0.2, -0.15) is 0 Å². The minimum absolute atomic E-state index is 0.0694. The quantitative estimate of drug-likeness (QED) is 0.753. The second kappa shape index (κ2) is 5.97. The Hall–Kier alpha value is -1.34. The number of hydrogen-bond donors (Lipinski definition) is 1. The van der Waals surface area contributed by atoms with Gasteiger partial charge in [0.1, 0.15) is 11.5 Å². The minimum atomic E-state index is -0.911. The molecule has 0 bridgehead atoms. The summed E-state index contributed by atoms with van der Waals surface area (Å²) in [5.41, 5.74) is -0.487. The van der Waals surface area contributed by atoms with Gasteiger partial charge in [-0.1, -0.05) is 15.9 Å². The number of rotatable bonds is 2. The van der Waals surface area contributed by atoms with Crippen molar-refractivity contribution in [1.29, 1.82) is 0 Å². The van der Waals surface area contributed by atoms with Crippen LogP contribution < -0.4 is 5.32 Å². The van der Waals surface area contributed by atoms with Gasteiger partial charge in [-0.05, 0) is 46.3 Å². The number of nitrogens with one attached hydrogen (secondary N) is 1. The zero-order chi connectivity index (χ0) is 14.9. The van der Waals surface area contributed by atoms with E-state index in [1.807, 2.05) is 0 Å². The minimum Gasteiger partial charge on any atom is -0.317 e. The zero-order valence-corrected chi connectivity index (χ0v) is 12.9. The molecule has 104 valence electrons. The summed E-state index contributed by atoms with van der Waals surface area (Å²) < 4.78 is 40.5. The first kappa shape index (κ1) is 15.1. The molecule has 2 rings (SSSR count). The maximum Gasteiger partial charge on any atom is 0.255 e. The topological polar surface area (TPSA) is 29.1 Å². The average Bonchev–Trinajstić information content (AvgIpc) is 2.36. The summed E-state index contributed by atoms with van der Waals surface area (Å²) in [5.74, 6) is -3.11. The van der Waals surface area contributed by atoms with Gasteiger partial charge in [0.25, 0.3) is 5.91 Å². The van der Waals surface area contributed by atoms with Gasteiger partial charge in [-0.25, -0.2) is 13.2 Å². The normalized spacial score (nSPS) is 10.4. The van der Waals surface area contributed by atoms with Crippen LogP contribution in [0.1, 0.15) is 10.4 Å². The molecule has 0 unspecified atom stereocenters. The maximum absolute atomic E-state index is 13.6. The highest BCUT2D eigenvalue weighted by Gasteiger charge is 2.15. The van der Waals surface area contributed by atoms with Gasteiger partial charge in [-0.15, -0.1) is 0 Å². The van der Waals surface area contributed by atoms with E-state index in [1.54, 1.807) is 0 Å². The van der Waals surface area contributed by atoms with Gasteiger partial charge < -0.3 is 5.32 Å². The van der Waals surface area contributed by atoms with E-state index in [4.69, 9.17) is 0 Å². The van der Waals surface area contributed by atoms with Gasteiger partial charge in [-0.3, -0.25) is 4.79 Å². The van der Waals surface area contributed by atoms with Crippen LogP contribution in [0.5, 0.6) is 0 Å². The van der Waals surface area contributed by atoms with Crippen LogP contribution in [0, 0.1) is 17.5 Å². The third-order valence-electron chi connectivity index (χ3n) is 2.43. The number of carbonyl (C=O) groups is 1. The number of anilines is 1. The van der Waals surface area contributed by atoms with Crippen molar-refractivity contribution in [1.82, 2.24) is 0 Å². The molecule has 1 amide bonds. The maximum atomic E-state index is 13.6. The Morgan fingerprint density at radius 3 is 2.10 bits per heavy atom. The van der Waals surface area contributed by atoms with Crippen molar-refractivity contribution in [2.75, 3.05) is 5.32 Å². The largest absolute Gasteiger partial charge is 0.317 e. The number of carbonyl (C=O) groups excluding carboxylic acids is 1. The smallest absolute Gasteiger partial charge is 0.255 e. The molecule has 0 aliphatic carbocycles. The fourth-order valence-electron chi connectivity index (χ4n) is 1.48. The lowest BCUT2D eigenvalue weighted by Gasteiger charge is -2.08. The Bertz CT molecular complexity index is 668. The number of benzene rings is 2. The highest BCUT2D eigenvalue weighted by Crippen LogP contribution is 2.25. The molecule has 7 heteroatoms. The first-order valence-electron chi connectivity index (χ1n) is 5.29. The van der Waals surface area contributed by atoms with Crippen molar-refractivity contribution in [2.45, 2.75) is 0 Å². The van der Waals surface area contributed by atoms with Gasteiger partial charge in [0.15, 0.2) is 11.6 Å². The Morgan fingerprint density at radius 1 is 0.950 bits per heavy atom. The predicted molar refractivity (Wildman–Crippen MR) is 76.1 cm³/mol. The third-order valence-corrected chi connectivity index (χ3v) is 3.49. The Labute approximate surface area is 129 Å². The Morgan fingerprint density at radius 2 is 1.55 bits per heavy atom. The molecular formula is C13H6Br2F3NO. The van der Waals surface area contributed by atoms with Gasteiger partial charge in [0.05, 0.1) is 4.47 Å². The number of halogens is 5. The summed E-state index contributed by atoms with van der Waals surface area (Å²) in [6.45, 7) is 0. The third kappa shape index (κ3) is 3.21. The lowest BCUT2D eigenvalue weighted by Crippen LogP contribution is -2.14. The summed E-state index contributed by atoms with van der Waals surface area (Å²) in [6, 6.07) is 5.56. The molecule has 0 spiro atoms. The van der Waals surface area contributed by atoms with E-state index < -0.39 is 29.0 Å². The summed E-state index contributed by atoms with van der Waals surface area (Å²) in [4.78, 5) is 11.9. The van der Waals surface area contributed by atoms with E-state index in [0.717, 1.165) is 18.2 Å². The fraction of sp³-hybridized carbons (Fsp3) is 0. The van der Waals surface area contributed by atoms with E-state index in [2.05, 4.69) is 37.2 Å². The molecule has 0 aliphatic rings. The average molecular weight is 409 g/mol. The highest BCUT2D eigenvalue weighted by molar-refractivity contribution is 9.10. The lowest BCUT2D eigenvalue weighted by molar-refractivity contribution is 0.102. The van der Waals surface area contributed by atoms with Crippen molar-refractivity contribution < 1.29 is 18.0 Å². The molecule has 1 N–H and O–H groups in total. The molecule has 2 nitrogen and oxygen atoms in total. The van der Waals surface area contributed by atoms with E-state index in [-0.39, 0.29) is 14.5 Å². The molecule has 0 saturated carbocycles. The monoisotopic (exact) mass is 407 g/mol. The van der Waals surface area contributed by atoms with Crippen molar-refractivity contribution in [3.05, 3.63) is 62.3 Å². The van der Waals surface area contributed by atoms with E-state index in [1.165, 1.54) is 12.1 Å². The highest BCUT2D eigenvalue weighted by atomic mass is 79.9. The van der Waals surface area contributed by atoms with Crippen LogP contribution in [0.15, 0.2) is 39.3 Å². The van der Waals surface area contributed by atoms with Crippen LogP contribution in [-0.2, 0) is 0 Å². The summed E-state index contributed by atoms with van der Waals surface area (Å²) in [5, 5.41) is 2.12. The van der Waals surface area contributed by atoms with Gasteiger partial charge in [0.2, 0.25) is 0 Å². The van der Waals surface area contributed by atoms with Crippen LogP contribution in [0.25, 0.3) is 0 Å². The molecule has 0 heterocycles. The summed E-state index contributed by atoms with van der Waals surface area (Å²) in [6.07, 6.45) is 0. The molecule has 0 atom stereocenters. The van der Waals surface area contributed by atoms with E-state index in [0.29, 0.717) is 0 Å². The first-order valence-corrected chi connectivity index (χ1v) is 6.88. The van der Waals surface area contributed by atoms with Crippen LogP contribution in [0.3, 0.4) is 0 Å².